The molecule has 28 heavy (non-hydrogen) atoms. The van der Waals surface area contributed by atoms with Crippen molar-refractivity contribution in [1.82, 2.24) is 0 Å². The topological polar surface area (TPSA) is 94.5 Å². The van der Waals surface area contributed by atoms with Gasteiger partial charge in [-0.1, -0.05) is 18.2 Å². The van der Waals surface area contributed by atoms with Crippen LogP contribution in [-0.2, 0) is 9.53 Å². The van der Waals surface area contributed by atoms with E-state index in [-0.39, 0.29) is 23.4 Å². The highest BCUT2D eigenvalue weighted by molar-refractivity contribution is 6.09. The lowest BCUT2D eigenvalue weighted by Crippen LogP contribution is -2.17. The van der Waals surface area contributed by atoms with Crippen LogP contribution in [0.3, 0.4) is 0 Å². The molecule has 0 unspecified atom stereocenters. The lowest BCUT2D eigenvalue weighted by molar-refractivity contribution is -0.112. The first-order valence-electron chi connectivity index (χ1n) is 8.68. The number of anilines is 3. The van der Waals surface area contributed by atoms with Gasteiger partial charge in [0.25, 0.3) is 5.91 Å². The van der Waals surface area contributed by atoms with Gasteiger partial charge in [0.15, 0.2) is 0 Å². The summed E-state index contributed by atoms with van der Waals surface area (Å²) in [7, 11) is 3.84. The molecule has 7 nitrogen and oxygen atoms in total. The summed E-state index contributed by atoms with van der Waals surface area (Å²) in [5, 5.41) is 14.9. The van der Waals surface area contributed by atoms with E-state index < -0.39 is 11.9 Å². The molecule has 144 valence electrons. The Kier molecular flexibility index (Phi) is 7.17. The number of nitriles is 1. The third-order valence-corrected chi connectivity index (χ3v) is 3.78. The lowest BCUT2D eigenvalue weighted by atomic mass is 10.1. The second-order valence-electron chi connectivity index (χ2n) is 5.98. The fraction of sp³-hybridized carbons (Fsp3) is 0.190. The van der Waals surface area contributed by atoms with Crippen LogP contribution in [0.15, 0.2) is 60.3 Å². The number of benzene rings is 2. The Hall–Kier alpha value is -3.79. The van der Waals surface area contributed by atoms with Crippen molar-refractivity contribution >= 4 is 28.9 Å². The molecule has 2 N–H and O–H groups in total. The molecule has 0 atom stereocenters. The molecule has 0 aliphatic heterocycles. The monoisotopic (exact) mass is 378 g/mol. The van der Waals surface area contributed by atoms with E-state index in [0.717, 1.165) is 11.4 Å². The molecular formula is C21H22N4O3. The van der Waals surface area contributed by atoms with Crippen LogP contribution in [0, 0.1) is 11.3 Å². The molecule has 1 amide bonds. The van der Waals surface area contributed by atoms with Gasteiger partial charge in [-0.2, -0.15) is 5.26 Å². The summed E-state index contributed by atoms with van der Waals surface area (Å²) >= 11 is 0. The quantitative estimate of drug-likeness (QED) is 0.436. The van der Waals surface area contributed by atoms with Gasteiger partial charge in [-0.15, -0.1) is 0 Å². The van der Waals surface area contributed by atoms with Crippen molar-refractivity contribution < 1.29 is 14.3 Å². The number of carbonyl (C=O) groups is 2. The zero-order valence-electron chi connectivity index (χ0n) is 16.0. The van der Waals surface area contributed by atoms with E-state index in [0.29, 0.717) is 0 Å². The standard InChI is InChI=1S/C21H22N4O3/c1-4-28-21(27)18-10-5-6-11-19(18)24-20(26)15(13-22)14-23-16-8-7-9-17(12-16)25(2)3/h5-12,14,23H,4H2,1-3H3,(H,24,26)/b15-14-. The molecule has 0 aromatic heterocycles. The second kappa shape index (κ2) is 9.78. The van der Waals surface area contributed by atoms with Crippen molar-refractivity contribution in [1.29, 1.82) is 5.26 Å². The molecule has 2 rings (SSSR count). The summed E-state index contributed by atoms with van der Waals surface area (Å²) in [6.07, 6.45) is 1.33. The van der Waals surface area contributed by atoms with Crippen LogP contribution < -0.4 is 15.5 Å². The number of hydrogen-bond donors (Lipinski definition) is 2. The first kappa shape index (κ1) is 20.5. The van der Waals surface area contributed by atoms with Gasteiger partial charge >= 0.3 is 5.97 Å². The van der Waals surface area contributed by atoms with Crippen LogP contribution in [-0.4, -0.2) is 32.6 Å². The van der Waals surface area contributed by atoms with Gasteiger partial charge in [0.1, 0.15) is 11.6 Å². The molecule has 0 radical (unpaired) electrons. The normalized spacial score (nSPS) is 10.6. The van der Waals surface area contributed by atoms with Crippen LogP contribution in [0.2, 0.25) is 0 Å². The van der Waals surface area contributed by atoms with Crippen LogP contribution in [0.1, 0.15) is 17.3 Å². The van der Waals surface area contributed by atoms with E-state index in [1.807, 2.05) is 49.3 Å². The first-order chi connectivity index (χ1) is 13.5. The Labute approximate surface area is 164 Å². The van der Waals surface area contributed by atoms with E-state index in [9.17, 15) is 14.9 Å². The molecule has 2 aromatic carbocycles. The summed E-state index contributed by atoms with van der Waals surface area (Å²) < 4.78 is 4.99. The SMILES string of the molecule is CCOC(=O)c1ccccc1NC(=O)/C(C#N)=C\Nc1cccc(N(C)C)c1. The predicted octanol–water partition coefficient (Wildman–Crippen LogP) is 3.39. The van der Waals surface area contributed by atoms with Crippen molar-refractivity contribution in [3.8, 4) is 6.07 Å². The molecule has 0 aliphatic carbocycles. The number of para-hydroxylation sites is 1. The van der Waals surface area contributed by atoms with E-state index in [1.54, 1.807) is 31.2 Å². The average Bonchev–Trinajstić information content (AvgIpc) is 2.69. The van der Waals surface area contributed by atoms with Crippen LogP contribution in [0.5, 0.6) is 0 Å². The lowest BCUT2D eigenvalue weighted by Gasteiger charge is -2.13. The summed E-state index contributed by atoms with van der Waals surface area (Å²) in [5.41, 5.74) is 2.08. The number of nitrogens with one attached hydrogen (secondary N) is 2. The van der Waals surface area contributed by atoms with Crippen molar-refractivity contribution in [3.05, 3.63) is 65.9 Å². The minimum atomic E-state index is -0.629. The third-order valence-electron chi connectivity index (χ3n) is 3.78. The Morgan fingerprint density at radius 1 is 1.18 bits per heavy atom. The molecule has 2 aromatic rings. The van der Waals surface area contributed by atoms with Crippen molar-refractivity contribution in [2.24, 2.45) is 0 Å². The fourth-order valence-corrected chi connectivity index (χ4v) is 2.35. The third kappa shape index (κ3) is 5.35. The minimum absolute atomic E-state index is 0.131. The summed E-state index contributed by atoms with van der Waals surface area (Å²) in [6, 6.07) is 15.9. The maximum atomic E-state index is 12.5. The van der Waals surface area contributed by atoms with Crippen LogP contribution in [0.25, 0.3) is 0 Å². The molecule has 0 spiro atoms. The Morgan fingerprint density at radius 3 is 2.61 bits per heavy atom. The van der Waals surface area contributed by atoms with Gasteiger partial charge in [0.2, 0.25) is 0 Å². The smallest absolute Gasteiger partial charge is 0.340 e. The number of nitrogens with zero attached hydrogens (tertiary/aromatic N) is 2. The van der Waals surface area contributed by atoms with E-state index in [4.69, 9.17) is 4.74 Å². The van der Waals surface area contributed by atoms with Crippen molar-refractivity contribution in [2.75, 3.05) is 36.2 Å². The fourth-order valence-electron chi connectivity index (χ4n) is 2.35. The molecule has 0 bridgehead atoms. The highest BCUT2D eigenvalue weighted by Crippen LogP contribution is 2.19. The number of amides is 1. The predicted molar refractivity (Wildman–Crippen MR) is 109 cm³/mol. The summed E-state index contributed by atoms with van der Waals surface area (Å²) in [5.74, 6) is -1.17. The number of carbonyl (C=O) groups excluding carboxylic acids is 2. The maximum absolute atomic E-state index is 12.5. The Morgan fingerprint density at radius 2 is 1.93 bits per heavy atom. The summed E-state index contributed by atoms with van der Waals surface area (Å²) in [6.45, 7) is 1.92. The highest BCUT2D eigenvalue weighted by atomic mass is 16.5. The second-order valence-corrected chi connectivity index (χ2v) is 5.98. The first-order valence-corrected chi connectivity index (χ1v) is 8.68. The van der Waals surface area contributed by atoms with Crippen LogP contribution in [0.4, 0.5) is 17.1 Å². The van der Waals surface area contributed by atoms with Gasteiger partial charge < -0.3 is 20.3 Å². The van der Waals surface area contributed by atoms with Gasteiger partial charge in [0.05, 0.1) is 17.9 Å². The Bertz CT molecular complexity index is 929. The Balaban J connectivity index is 2.16. The summed E-state index contributed by atoms with van der Waals surface area (Å²) in [4.78, 5) is 26.4. The van der Waals surface area contributed by atoms with Gasteiger partial charge in [-0.3, -0.25) is 4.79 Å². The maximum Gasteiger partial charge on any atom is 0.340 e. The molecule has 0 saturated heterocycles. The molecule has 0 fully saturated rings. The van der Waals surface area contributed by atoms with E-state index >= 15 is 0 Å². The zero-order valence-corrected chi connectivity index (χ0v) is 16.0. The molecule has 0 aliphatic rings. The number of ether oxygens (including phenoxy) is 1. The number of esters is 1. The zero-order chi connectivity index (χ0) is 20.5. The van der Waals surface area contributed by atoms with Crippen molar-refractivity contribution in [2.45, 2.75) is 6.92 Å². The van der Waals surface area contributed by atoms with E-state index in [2.05, 4.69) is 10.6 Å². The number of hydrogen-bond acceptors (Lipinski definition) is 6. The molecule has 0 heterocycles. The van der Waals surface area contributed by atoms with Gasteiger partial charge in [-0.25, -0.2) is 4.79 Å². The van der Waals surface area contributed by atoms with Crippen LogP contribution >= 0.6 is 0 Å². The largest absolute Gasteiger partial charge is 0.462 e. The van der Waals surface area contributed by atoms with E-state index in [1.165, 1.54) is 6.20 Å². The number of rotatable bonds is 7. The average molecular weight is 378 g/mol. The molecule has 7 heteroatoms. The molecule has 0 saturated carbocycles. The van der Waals surface area contributed by atoms with Crippen molar-refractivity contribution in [3.63, 3.8) is 0 Å². The highest BCUT2D eigenvalue weighted by Gasteiger charge is 2.16. The molecular weight excluding hydrogens is 356 g/mol. The van der Waals surface area contributed by atoms with Gasteiger partial charge in [0, 0.05) is 31.7 Å². The minimum Gasteiger partial charge on any atom is -0.462 e. The van der Waals surface area contributed by atoms with Gasteiger partial charge in [-0.05, 0) is 37.3 Å².